The summed E-state index contributed by atoms with van der Waals surface area (Å²) in [6.45, 7) is 10.4. The van der Waals surface area contributed by atoms with Gasteiger partial charge in [-0.05, 0) is 76.6 Å². The maximum Gasteiger partial charge on any atom is 0.251 e. The number of amides is 2. The fourth-order valence-electron chi connectivity index (χ4n) is 2.56. The van der Waals surface area contributed by atoms with Gasteiger partial charge in [0, 0.05) is 23.3 Å². The quantitative estimate of drug-likeness (QED) is 0.634. The van der Waals surface area contributed by atoms with E-state index < -0.39 is 0 Å². The van der Waals surface area contributed by atoms with Crippen LogP contribution >= 0.6 is 0 Å². The molecule has 0 atom stereocenters. The summed E-state index contributed by atoms with van der Waals surface area (Å²) in [5.41, 5.74) is 2.08. The Bertz CT molecular complexity index is 807. The van der Waals surface area contributed by atoms with Crippen LogP contribution in [0.15, 0.2) is 48.5 Å². The second-order valence-corrected chi connectivity index (χ2v) is 8.22. The third-order valence-electron chi connectivity index (χ3n) is 3.87. The molecule has 0 spiro atoms. The molecule has 0 saturated heterocycles. The van der Waals surface area contributed by atoms with Crippen LogP contribution in [0.3, 0.4) is 0 Å². The van der Waals surface area contributed by atoms with E-state index in [-0.39, 0.29) is 30.0 Å². The largest absolute Gasteiger partial charge is 0.491 e. The fourth-order valence-corrected chi connectivity index (χ4v) is 2.56. The average molecular weight is 398 g/mol. The summed E-state index contributed by atoms with van der Waals surface area (Å²) in [6, 6.07) is 14.7. The molecule has 0 radical (unpaired) electrons. The van der Waals surface area contributed by atoms with Crippen LogP contribution in [0, 0.1) is 0 Å². The molecule has 0 aromatic heterocycles. The summed E-state index contributed by atoms with van der Waals surface area (Å²) in [5, 5.41) is 8.86. The van der Waals surface area contributed by atoms with Gasteiger partial charge in [0.2, 0.25) is 5.91 Å². The molecule has 29 heavy (non-hydrogen) atoms. The van der Waals surface area contributed by atoms with Crippen LogP contribution in [-0.2, 0) is 11.3 Å². The third kappa shape index (κ3) is 8.25. The molecule has 0 aliphatic heterocycles. The van der Waals surface area contributed by atoms with E-state index in [4.69, 9.17) is 4.74 Å². The highest BCUT2D eigenvalue weighted by Crippen LogP contribution is 2.14. The highest BCUT2D eigenvalue weighted by atomic mass is 16.5. The minimum absolute atomic E-state index is 0.109. The zero-order valence-electron chi connectivity index (χ0n) is 17.8. The van der Waals surface area contributed by atoms with Crippen LogP contribution in [0.2, 0.25) is 0 Å². The number of benzene rings is 2. The summed E-state index contributed by atoms with van der Waals surface area (Å²) < 4.78 is 5.61. The molecule has 0 bridgehead atoms. The van der Waals surface area contributed by atoms with E-state index in [9.17, 15) is 9.59 Å². The van der Waals surface area contributed by atoms with Crippen molar-refractivity contribution in [2.24, 2.45) is 0 Å². The van der Waals surface area contributed by atoms with Crippen LogP contribution in [0.25, 0.3) is 0 Å². The van der Waals surface area contributed by atoms with E-state index in [0.717, 1.165) is 17.0 Å². The van der Waals surface area contributed by atoms with Crippen molar-refractivity contribution >= 4 is 17.5 Å². The highest BCUT2D eigenvalue weighted by Gasteiger charge is 2.15. The summed E-state index contributed by atoms with van der Waals surface area (Å²) in [6.07, 6.45) is 0.133. The number of carbonyl (C=O) groups is 2. The lowest BCUT2D eigenvalue weighted by atomic mass is 10.1. The van der Waals surface area contributed by atoms with Crippen molar-refractivity contribution in [2.75, 3.05) is 11.9 Å². The van der Waals surface area contributed by atoms with Gasteiger partial charge in [-0.25, -0.2) is 0 Å². The molecule has 0 heterocycles. The van der Waals surface area contributed by atoms with E-state index in [1.807, 2.05) is 58.9 Å². The summed E-state index contributed by atoms with van der Waals surface area (Å²) >= 11 is 0. The molecule has 2 rings (SSSR count). The Morgan fingerprint density at radius 3 is 2.14 bits per heavy atom. The molecule has 2 aromatic carbocycles. The van der Waals surface area contributed by atoms with Gasteiger partial charge in [0.05, 0.1) is 12.6 Å². The first-order valence-corrected chi connectivity index (χ1v) is 9.81. The van der Waals surface area contributed by atoms with Crippen molar-refractivity contribution in [1.82, 2.24) is 10.6 Å². The third-order valence-corrected chi connectivity index (χ3v) is 3.87. The van der Waals surface area contributed by atoms with Crippen LogP contribution in [0.1, 0.15) is 50.5 Å². The maximum absolute atomic E-state index is 12.1. The number of hydrogen-bond acceptors (Lipinski definition) is 4. The number of nitrogens with one attached hydrogen (secondary N) is 3. The van der Waals surface area contributed by atoms with Crippen molar-refractivity contribution in [1.29, 1.82) is 0 Å². The lowest BCUT2D eigenvalue weighted by Gasteiger charge is -2.20. The van der Waals surface area contributed by atoms with Gasteiger partial charge in [0.15, 0.2) is 0 Å². The van der Waals surface area contributed by atoms with Crippen LogP contribution in [-0.4, -0.2) is 30.0 Å². The lowest BCUT2D eigenvalue weighted by molar-refractivity contribution is -0.119. The van der Waals surface area contributed by atoms with Gasteiger partial charge in [0.1, 0.15) is 5.75 Å². The number of anilines is 1. The Hall–Kier alpha value is -3.02. The Kier molecular flexibility index (Phi) is 7.65. The Labute approximate surface area is 173 Å². The smallest absolute Gasteiger partial charge is 0.251 e. The van der Waals surface area contributed by atoms with E-state index >= 15 is 0 Å². The summed E-state index contributed by atoms with van der Waals surface area (Å²) in [4.78, 5) is 24.2. The van der Waals surface area contributed by atoms with Crippen molar-refractivity contribution in [3.05, 3.63) is 59.7 Å². The second-order valence-electron chi connectivity index (χ2n) is 8.22. The first kappa shape index (κ1) is 22.3. The molecule has 6 heteroatoms. The van der Waals surface area contributed by atoms with Crippen LogP contribution < -0.4 is 20.7 Å². The summed E-state index contributed by atoms with van der Waals surface area (Å²) in [7, 11) is 0. The number of carbonyl (C=O) groups excluding carboxylic acids is 2. The predicted octanol–water partition coefficient (Wildman–Crippen LogP) is 3.73. The maximum atomic E-state index is 12.1. The molecule has 2 aromatic rings. The molecule has 3 N–H and O–H groups in total. The van der Waals surface area contributed by atoms with Gasteiger partial charge in [-0.15, -0.1) is 0 Å². The van der Waals surface area contributed by atoms with Gasteiger partial charge in [0.25, 0.3) is 5.91 Å². The monoisotopic (exact) mass is 397 g/mol. The topological polar surface area (TPSA) is 79.5 Å². The minimum atomic E-state index is -0.284. The number of ether oxygens (including phenoxy) is 1. The molecule has 156 valence electrons. The summed E-state index contributed by atoms with van der Waals surface area (Å²) in [5.74, 6) is 0.588. The van der Waals surface area contributed by atoms with Crippen LogP contribution in [0.5, 0.6) is 5.75 Å². The highest BCUT2D eigenvalue weighted by molar-refractivity contribution is 5.95. The first-order valence-electron chi connectivity index (χ1n) is 9.81. The number of rotatable bonds is 8. The average Bonchev–Trinajstić information content (AvgIpc) is 2.64. The van der Waals surface area contributed by atoms with Gasteiger partial charge in [-0.2, -0.15) is 0 Å². The number of hydrogen-bond donors (Lipinski definition) is 3. The molecule has 2 amide bonds. The van der Waals surface area contributed by atoms with Gasteiger partial charge in [-0.3, -0.25) is 9.59 Å². The zero-order chi connectivity index (χ0) is 21.4. The molecule has 6 nitrogen and oxygen atoms in total. The molecular formula is C23H31N3O3. The minimum Gasteiger partial charge on any atom is -0.491 e. The van der Waals surface area contributed by atoms with Gasteiger partial charge in [-0.1, -0.05) is 12.1 Å². The lowest BCUT2D eigenvalue weighted by Crippen LogP contribution is -2.40. The van der Waals surface area contributed by atoms with Gasteiger partial charge >= 0.3 is 0 Å². The zero-order valence-corrected chi connectivity index (χ0v) is 17.8. The van der Waals surface area contributed by atoms with Crippen LogP contribution in [0.4, 0.5) is 5.69 Å². The van der Waals surface area contributed by atoms with Crippen molar-refractivity contribution in [3.8, 4) is 5.75 Å². The molecule has 0 unspecified atom stereocenters. The second kappa shape index (κ2) is 9.96. The predicted molar refractivity (Wildman–Crippen MR) is 116 cm³/mol. The normalized spacial score (nSPS) is 11.1. The molecule has 0 fully saturated rings. The molecular weight excluding hydrogens is 366 g/mol. The molecule has 0 saturated carbocycles. The molecule has 0 aliphatic rings. The molecule has 0 aliphatic carbocycles. The van der Waals surface area contributed by atoms with Crippen molar-refractivity contribution in [2.45, 2.75) is 52.8 Å². The van der Waals surface area contributed by atoms with E-state index in [0.29, 0.717) is 12.1 Å². The van der Waals surface area contributed by atoms with Gasteiger partial charge < -0.3 is 20.7 Å². The Morgan fingerprint density at radius 1 is 0.966 bits per heavy atom. The van der Waals surface area contributed by atoms with Crippen molar-refractivity contribution < 1.29 is 14.3 Å². The Balaban J connectivity index is 1.76. The SMILES string of the molecule is CC(C)Oc1ccc(CNC(=O)CNc2ccc(C(=O)NC(C)(C)C)cc2)cc1. The Morgan fingerprint density at radius 2 is 1.59 bits per heavy atom. The first-order chi connectivity index (χ1) is 13.6. The standard InChI is InChI=1S/C23H31N3O3/c1-16(2)29-20-12-6-17(7-13-20)14-25-21(27)15-24-19-10-8-18(9-11-19)22(28)26-23(3,4)5/h6-13,16,24H,14-15H2,1-5H3,(H,25,27)(H,26,28). The van der Waals surface area contributed by atoms with Crippen molar-refractivity contribution in [3.63, 3.8) is 0 Å². The van der Waals surface area contributed by atoms with E-state index in [1.54, 1.807) is 24.3 Å². The van der Waals surface area contributed by atoms with E-state index in [2.05, 4.69) is 16.0 Å². The van der Waals surface area contributed by atoms with E-state index in [1.165, 1.54) is 0 Å². The fraction of sp³-hybridized carbons (Fsp3) is 0.391.